The van der Waals surface area contributed by atoms with Gasteiger partial charge in [0.1, 0.15) is 5.75 Å². The minimum Gasteiger partial charge on any atom is -0.494 e. The third-order valence-electron chi connectivity index (χ3n) is 4.07. The van der Waals surface area contributed by atoms with E-state index in [4.69, 9.17) is 4.74 Å². The molecule has 2 N–H and O–H groups in total. The van der Waals surface area contributed by atoms with Gasteiger partial charge in [-0.05, 0) is 48.7 Å². The van der Waals surface area contributed by atoms with Gasteiger partial charge in [-0.15, -0.1) is 0 Å². The zero-order valence-electron chi connectivity index (χ0n) is 17.0. The average molecular weight is 383 g/mol. The van der Waals surface area contributed by atoms with E-state index in [1.54, 1.807) is 38.4 Å². The van der Waals surface area contributed by atoms with Crippen LogP contribution in [0.25, 0.3) is 0 Å². The summed E-state index contributed by atoms with van der Waals surface area (Å²) in [5, 5.41) is 5.91. The minimum atomic E-state index is -0.169. The number of anilines is 2. The van der Waals surface area contributed by atoms with Crippen molar-refractivity contribution in [3.8, 4) is 5.75 Å². The normalized spacial score (nSPS) is 10.5. The second-order valence-electron chi connectivity index (χ2n) is 7.24. The summed E-state index contributed by atoms with van der Waals surface area (Å²) >= 11 is 0. The van der Waals surface area contributed by atoms with Gasteiger partial charge in [0.05, 0.1) is 13.2 Å². The van der Waals surface area contributed by atoms with E-state index in [-0.39, 0.29) is 18.4 Å². The summed E-state index contributed by atoms with van der Waals surface area (Å²) in [5.41, 5.74) is 2.05. The lowest BCUT2D eigenvalue weighted by Gasteiger charge is -2.12. The van der Waals surface area contributed by atoms with Crippen molar-refractivity contribution < 1.29 is 14.3 Å². The standard InChI is InChI=1S/C22H29N3O3/c1-16(2)12-13-28-20-7-5-6-19(14-20)23-15-21(26)24-18-10-8-17(9-11-18)22(27)25(3)4/h5-11,14,16,23H,12-13,15H2,1-4H3,(H,24,26). The van der Waals surface area contributed by atoms with E-state index < -0.39 is 0 Å². The van der Waals surface area contributed by atoms with Crippen molar-refractivity contribution in [3.05, 3.63) is 54.1 Å². The fourth-order valence-corrected chi connectivity index (χ4v) is 2.45. The van der Waals surface area contributed by atoms with Gasteiger partial charge in [0.25, 0.3) is 5.91 Å². The molecule has 0 saturated heterocycles. The van der Waals surface area contributed by atoms with Crippen LogP contribution in [0.2, 0.25) is 0 Å². The van der Waals surface area contributed by atoms with Crippen molar-refractivity contribution in [1.29, 1.82) is 0 Å². The first kappa shape index (κ1) is 21.3. The average Bonchev–Trinajstić information content (AvgIpc) is 2.66. The molecule has 0 unspecified atom stereocenters. The highest BCUT2D eigenvalue weighted by molar-refractivity contribution is 5.96. The highest BCUT2D eigenvalue weighted by Gasteiger charge is 2.08. The monoisotopic (exact) mass is 383 g/mol. The van der Waals surface area contributed by atoms with Crippen LogP contribution < -0.4 is 15.4 Å². The Morgan fingerprint density at radius 1 is 1.04 bits per heavy atom. The molecule has 0 atom stereocenters. The summed E-state index contributed by atoms with van der Waals surface area (Å²) in [5.74, 6) is 1.14. The second kappa shape index (κ2) is 10.3. The first-order valence-electron chi connectivity index (χ1n) is 9.43. The molecule has 0 heterocycles. The van der Waals surface area contributed by atoms with Gasteiger partial charge in [-0.3, -0.25) is 9.59 Å². The van der Waals surface area contributed by atoms with Gasteiger partial charge in [-0.1, -0.05) is 19.9 Å². The predicted octanol–water partition coefficient (Wildman–Crippen LogP) is 3.86. The lowest BCUT2D eigenvalue weighted by atomic mass is 10.1. The molecular formula is C22H29N3O3. The van der Waals surface area contributed by atoms with Gasteiger partial charge < -0.3 is 20.3 Å². The number of nitrogens with one attached hydrogen (secondary N) is 2. The molecule has 2 aromatic rings. The van der Waals surface area contributed by atoms with Crippen molar-refractivity contribution in [1.82, 2.24) is 4.90 Å². The molecule has 0 fully saturated rings. The van der Waals surface area contributed by atoms with E-state index in [1.807, 2.05) is 24.3 Å². The predicted molar refractivity (Wildman–Crippen MR) is 113 cm³/mol. The first-order chi connectivity index (χ1) is 13.3. The third-order valence-corrected chi connectivity index (χ3v) is 4.07. The Morgan fingerprint density at radius 2 is 1.75 bits per heavy atom. The van der Waals surface area contributed by atoms with Crippen molar-refractivity contribution in [3.63, 3.8) is 0 Å². The van der Waals surface area contributed by atoms with E-state index in [0.717, 1.165) is 17.9 Å². The maximum atomic E-state index is 12.2. The number of carbonyl (C=O) groups excluding carboxylic acids is 2. The SMILES string of the molecule is CC(C)CCOc1cccc(NCC(=O)Nc2ccc(C(=O)N(C)C)cc2)c1. The topological polar surface area (TPSA) is 70.7 Å². The number of ether oxygens (including phenoxy) is 1. The number of carbonyl (C=O) groups is 2. The summed E-state index contributed by atoms with van der Waals surface area (Å²) in [6.45, 7) is 5.13. The zero-order chi connectivity index (χ0) is 20.5. The lowest BCUT2D eigenvalue weighted by Crippen LogP contribution is -2.23. The molecule has 2 amide bonds. The summed E-state index contributed by atoms with van der Waals surface area (Å²) in [7, 11) is 3.40. The fraction of sp³-hybridized carbons (Fsp3) is 0.364. The number of benzene rings is 2. The van der Waals surface area contributed by atoms with Crippen LogP contribution in [0.3, 0.4) is 0 Å². The fourth-order valence-electron chi connectivity index (χ4n) is 2.45. The smallest absolute Gasteiger partial charge is 0.253 e. The molecule has 150 valence electrons. The van der Waals surface area contributed by atoms with Crippen molar-refractivity contribution >= 4 is 23.2 Å². The molecule has 0 aliphatic rings. The minimum absolute atomic E-state index is 0.0740. The van der Waals surface area contributed by atoms with Crippen LogP contribution >= 0.6 is 0 Å². The third kappa shape index (κ3) is 6.95. The number of hydrogen-bond acceptors (Lipinski definition) is 4. The Morgan fingerprint density at radius 3 is 2.39 bits per heavy atom. The summed E-state index contributed by atoms with van der Waals surface area (Å²) in [6, 6.07) is 14.4. The van der Waals surface area contributed by atoms with Gasteiger partial charge in [-0.25, -0.2) is 0 Å². The van der Waals surface area contributed by atoms with E-state index >= 15 is 0 Å². The quantitative estimate of drug-likeness (QED) is 0.690. The molecule has 0 spiro atoms. The van der Waals surface area contributed by atoms with Gasteiger partial charge in [0.15, 0.2) is 0 Å². The van der Waals surface area contributed by atoms with Gasteiger partial charge in [0, 0.05) is 37.1 Å². The Bertz CT molecular complexity index is 786. The highest BCUT2D eigenvalue weighted by atomic mass is 16.5. The molecule has 28 heavy (non-hydrogen) atoms. The van der Waals surface area contributed by atoms with E-state index in [0.29, 0.717) is 23.8 Å². The van der Waals surface area contributed by atoms with Gasteiger partial charge in [0.2, 0.25) is 5.91 Å². The molecule has 2 aromatic carbocycles. The number of rotatable bonds is 9. The second-order valence-corrected chi connectivity index (χ2v) is 7.24. The molecular weight excluding hydrogens is 354 g/mol. The van der Waals surface area contributed by atoms with Crippen LogP contribution in [0.5, 0.6) is 5.75 Å². The molecule has 0 bridgehead atoms. The number of hydrogen-bond donors (Lipinski definition) is 2. The van der Waals surface area contributed by atoms with Crippen LogP contribution in [-0.2, 0) is 4.79 Å². The molecule has 0 aromatic heterocycles. The maximum absolute atomic E-state index is 12.2. The first-order valence-corrected chi connectivity index (χ1v) is 9.43. The van der Waals surface area contributed by atoms with Crippen LogP contribution in [0.15, 0.2) is 48.5 Å². The Kier molecular flexibility index (Phi) is 7.87. The molecule has 0 saturated carbocycles. The molecule has 0 aliphatic carbocycles. The zero-order valence-corrected chi connectivity index (χ0v) is 17.0. The number of nitrogens with zero attached hydrogens (tertiary/aromatic N) is 1. The van der Waals surface area contributed by atoms with E-state index in [2.05, 4.69) is 24.5 Å². The van der Waals surface area contributed by atoms with Crippen LogP contribution in [0.4, 0.5) is 11.4 Å². The molecule has 6 heteroatoms. The summed E-state index contributed by atoms with van der Waals surface area (Å²) in [4.78, 5) is 25.6. The van der Waals surface area contributed by atoms with Crippen LogP contribution in [-0.4, -0.2) is 44.0 Å². The highest BCUT2D eigenvalue weighted by Crippen LogP contribution is 2.18. The Balaban J connectivity index is 1.83. The molecule has 0 radical (unpaired) electrons. The van der Waals surface area contributed by atoms with Crippen molar-refractivity contribution in [2.75, 3.05) is 37.9 Å². The maximum Gasteiger partial charge on any atom is 0.253 e. The summed E-state index contributed by atoms with van der Waals surface area (Å²) < 4.78 is 5.74. The summed E-state index contributed by atoms with van der Waals surface area (Å²) in [6.07, 6.45) is 0.999. The van der Waals surface area contributed by atoms with E-state index in [1.165, 1.54) is 4.90 Å². The Hall–Kier alpha value is -3.02. The molecule has 6 nitrogen and oxygen atoms in total. The lowest BCUT2D eigenvalue weighted by molar-refractivity contribution is -0.114. The van der Waals surface area contributed by atoms with Crippen LogP contribution in [0.1, 0.15) is 30.6 Å². The van der Waals surface area contributed by atoms with Gasteiger partial charge in [-0.2, -0.15) is 0 Å². The largest absolute Gasteiger partial charge is 0.494 e. The van der Waals surface area contributed by atoms with Gasteiger partial charge >= 0.3 is 0 Å². The van der Waals surface area contributed by atoms with Crippen molar-refractivity contribution in [2.45, 2.75) is 20.3 Å². The molecule has 2 rings (SSSR count). The van der Waals surface area contributed by atoms with E-state index in [9.17, 15) is 9.59 Å². The number of amides is 2. The molecule has 0 aliphatic heterocycles. The Labute approximate surface area is 166 Å². The van der Waals surface area contributed by atoms with Crippen molar-refractivity contribution in [2.24, 2.45) is 5.92 Å². The van der Waals surface area contributed by atoms with Crippen LogP contribution in [0, 0.1) is 5.92 Å².